The SMILES string of the molecule is COc1ccc([C@@H](c2nnnn2Cc2cccs2)N2CCN(c3ccccc3)CC2)c(OC)c1. The van der Waals surface area contributed by atoms with Crippen molar-refractivity contribution in [3.05, 3.63) is 82.3 Å². The van der Waals surface area contributed by atoms with Crippen LogP contribution in [0.1, 0.15) is 22.3 Å². The van der Waals surface area contributed by atoms with E-state index in [0.29, 0.717) is 6.54 Å². The lowest BCUT2D eigenvalue weighted by molar-refractivity contribution is 0.198. The highest BCUT2D eigenvalue weighted by Crippen LogP contribution is 2.37. The van der Waals surface area contributed by atoms with Crippen molar-refractivity contribution in [1.29, 1.82) is 0 Å². The molecule has 34 heavy (non-hydrogen) atoms. The maximum Gasteiger partial charge on any atom is 0.173 e. The van der Waals surface area contributed by atoms with E-state index in [9.17, 15) is 0 Å². The molecule has 0 aliphatic carbocycles. The van der Waals surface area contributed by atoms with Crippen LogP contribution in [0.15, 0.2) is 66.0 Å². The third-order valence-electron chi connectivity index (χ3n) is 6.23. The Morgan fingerprint density at radius 1 is 0.941 bits per heavy atom. The van der Waals surface area contributed by atoms with Crippen LogP contribution in [0.5, 0.6) is 11.5 Å². The summed E-state index contributed by atoms with van der Waals surface area (Å²) in [5.74, 6) is 2.33. The fraction of sp³-hybridized carbons (Fsp3) is 0.320. The molecule has 0 saturated carbocycles. The Balaban J connectivity index is 1.49. The van der Waals surface area contributed by atoms with Crippen LogP contribution in [0, 0.1) is 0 Å². The van der Waals surface area contributed by atoms with Gasteiger partial charge in [-0.15, -0.1) is 16.4 Å². The van der Waals surface area contributed by atoms with Gasteiger partial charge in [0.1, 0.15) is 17.5 Å². The molecule has 0 unspecified atom stereocenters. The molecular weight excluding hydrogens is 448 g/mol. The first kappa shape index (κ1) is 22.4. The zero-order valence-electron chi connectivity index (χ0n) is 19.4. The Labute approximate surface area is 203 Å². The normalized spacial score (nSPS) is 15.3. The number of rotatable bonds is 8. The minimum Gasteiger partial charge on any atom is -0.497 e. The predicted octanol–water partition coefficient (Wildman–Crippen LogP) is 3.71. The Bertz CT molecular complexity index is 1190. The highest BCUT2D eigenvalue weighted by molar-refractivity contribution is 7.09. The van der Waals surface area contributed by atoms with Gasteiger partial charge in [-0.05, 0) is 46.1 Å². The van der Waals surface area contributed by atoms with Gasteiger partial charge in [0.25, 0.3) is 0 Å². The summed E-state index contributed by atoms with van der Waals surface area (Å²) in [6.45, 7) is 4.23. The van der Waals surface area contributed by atoms with Gasteiger partial charge in [-0.2, -0.15) is 0 Å². The maximum absolute atomic E-state index is 5.80. The number of thiophene rings is 1. The standard InChI is InChI=1S/C25H28N6O2S/c1-32-20-10-11-22(23(17-20)33-2)24(25-26-27-28-31(25)18-21-9-6-16-34-21)30-14-12-29(13-15-30)19-7-4-3-5-8-19/h3-11,16-17,24H,12-15,18H2,1-2H3/t24-/m0/s1. The molecule has 176 valence electrons. The van der Waals surface area contributed by atoms with Crippen molar-refractivity contribution < 1.29 is 9.47 Å². The zero-order chi connectivity index (χ0) is 23.3. The molecule has 0 amide bonds. The Hall–Kier alpha value is -3.43. The van der Waals surface area contributed by atoms with Crippen LogP contribution in [-0.2, 0) is 6.54 Å². The average Bonchev–Trinajstić information content (AvgIpc) is 3.58. The van der Waals surface area contributed by atoms with E-state index in [1.165, 1.54) is 10.6 Å². The maximum atomic E-state index is 5.80. The van der Waals surface area contributed by atoms with Crippen LogP contribution >= 0.6 is 11.3 Å². The lowest BCUT2D eigenvalue weighted by Crippen LogP contribution is -2.48. The number of benzene rings is 2. The van der Waals surface area contributed by atoms with Crippen molar-refractivity contribution in [3.63, 3.8) is 0 Å². The molecule has 5 rings (SSSR count). The number of piperazine rings is 1. The van der Waals surface area contributed by atoms with Gasteiger partial charge >= 0.3 is 0 Å². The quantitative estimate of drug-likeness (QED) is 0.384. The Morgan fingerprint density at radius 2 is 1.76 bits per heavy atom. The smallest absolute Gasteiger partial charge is 0.173 e. The molecule has 8 nitrogen and oxygen atoms in total. The van der Waals surface area contributed by atoms with Gasteiger partial charge < -0.3 is 14.4 Å². The van der Waals surface area contributed by atoms with E-state index < -0.39 is 0 Å². The fourth-order valence-electron chi connectivity index (χ4n) is 4.49. The summed E-state index contributed by atoms with van der Waals surface area (Å²) in [5, 5.41) is 15.0. The number of tetrazole rings is 1. The third kappa shape index (κ3) is 4.62. The lowest BCUT2D eigenvalue weighted by atomic mass is 10.0. The Kier molecular flexibility index (Phi) is 6.73. The van der Waals surface area contributed by atoms with Crippen molar-refractivity contribution in [1.82, 2.24) is 25.1 Å². The van der Waals surface area contributed by atoms with E-state index >= 15 is 0 Å². The summed E-state index contributed by atoms with van der Waals surface area (Å²) in [7, 11) is 3.35. The van der Waals surface area contributed by atoms with Gasteiger partial charge in [-0.3, -0.25) is 4.90 Å². The van der Waals surface area contributed by atoms with E-state index in [1.807, 2.05) is 16.8 Å². The molecule has 1 fully saturated rings. The average molecular weight is 477 g/mol. The number of nitrogens with zero attached hydrogens (tertiary/aromatic N) is 6. The molecule has 1 aliphatic rings. The van der Waals surface area contributed by atoms with E-state index in [2.05, 4.69) is 79.2 Å². The molecule has 0 spiro atoms. The number of hydrogen-bond acceptors (Lipinski definition) is 8. The summed E-state index contributed by atoms with van der Waals surface area (Å²) in [6.07, 6.45) is 0. The number of methoxy groups -OCH3 is 2. The number of ether oxygens (including phenoxy) is 2. The van der Waals surface area contributed by atoms with Gasteiger partial charge in [0.05, 0.1) is 20.8 Å². The molecular formula is C25H28N6O2S. The number of aromatic nitrogens is 4. The van der Waals surface area contributed by atoms with E-state index in [0.717, 1.165) is 49.1 Å². The molecule has 1 atom stereocenters. The molecule has 0 radical (unpaired) electrons. The molecule has 4 aromatic rings. The van der Waals surface area contributed by atoms with Crippen LogP contribution in [0.25, 0.3) is 0 Å². The van der Waals surface area contributed by atoms with Gasteiger partial charge in [-0.1, -0.05) is 24.3 Å². The summed E-state index contributed by atoms with van der Waals surface area (Å²) >= 11 is 1.71. The van der Waals surface area contributed by atoms with Crippen LogP contribution < -0.4 is 14.4 Å². The van der Waals surface area contributed by atoms with E-state index in [4.69, 9.17) is 9.47 Å². The number of anilines is 1. The topological polar surface area (TPSA) is 68.5 Å². The highest BCUT2D eigenvalue weighted by atomic mass is 32.1. The summed E-state index contributed by atoms with van der Waals surface area (Å²) in [4.78, 5) is 6.08. The Morgan fingerprint density at radius 3 is 2.47 bits per heavy atom. The summed E-state index contributed by atoms with van der Waals surface area (Å²) < 4.78 is 13.1. The van der Waals surface area contributed by atoms with Gasteiger partial charge in [0, 0.05) is 48.4 Å². The lowest BCUT2D eigenvalue weighted by Gasteiger charge is -2.40. The van der Waals surface area contributed by atoms with Crippen molar-refractivity contribution in [2.45, 2.75) is 12.6 Å². The van der Waals surface area contributed by atoms with Gasteiger partial charge in [0.2, 0.25) is 0 Å². The molecule has 1 saturated heterocycles. The molecule has 0 N–H and O–H groups in total. The predicted molar refractivity (Wildman–Crippen MR) is 133 cm³/mol. The largest absolute Gasteiger partial charge is 0.497 e. The molecule has 0 bridgehead atoms. The van der Waals surface area contributed by atoms with Crippen molar-refractivity contribution in [2.24, 2.45) is 0 Å². The second-order valence-electron chi connectivity index (χ2n) is 8.14. The number of hydrogen-bond donors (Lipinski definition) is 0. The minimum absolute atomic E-state index is 0.145. The summed E-state index contributed by atoms with van der Waals surface area (Å²) in [6, 6.07) is 20.5. The first-order valence-corrected chi connectivity index (χ1v) is 12.2. The first-order chi connectivity index (χ1) is 16.8. The molecule has 2 aromatic carbocycles. The zero-order valence-corrected chi connectivity index (χ0v) is 20.2. The summed E-state index contributed by atoms with van der Waals surface area (Å²) in [5.41, 5.74) is 2.28. The molecule has 3 heterocycles. The van der Waals surface area contributed by atoms with Crippen molar-refractivity contribution in [2.75, 3.05) is 45.3 Å². The third-order valence-corrected chi connectivity index (χ3v) is 7.09. The van der Waals surface area contributed by atoms with Crippen LogP contribution in [0.4, 0.5) is 5.69 Å². The minimum atomic E-state index is -0.145. The monoisotopic (exact) mass is 476 g/mol. The van der Waals surface area contributed by atoms with Crippen molar-refractivity contribution >= 4 is 17.0 Å². The van der Waals surface area contributed by atoms with E-state index in [1.54, 1.807) is 25.6 Å². The highest BCUT2D eigenvalue weighted by Gasteiger charge is 2.33. The van der Waals surface area contributed by atoms with Gasteiger partial charge in [-0.25, -0.2) is 4.68 Å². The van der Waals surface area contributed by atoms with Crippen LogP contribution in [0.2, 0.25) is 0 Å². The second kappa shape index (κ2) is 10.2. The molecule has 1 aliphatic heterocycles. The molecule has 2 aromatic heterocycles. The second-order valence-corrected chi connectivity index (χ2v) is 9.18. The van der Waals surface area contributed by atoms with Crippen LogP contribution in [0.3, 0.4) is 0 Å². The van der Waals surface area contributed by atoms with E-state index in [-0.39, 0.29) is 6.04 Å². The van der Waals surface area contributed by atoms with Gasteiger partial charge in [0.15, 0.2) is 5.82 Å². The fourth-order valence-corrected chi connectivity index (χ4v) is 5.18. The molecule has 9 heteroatoms. The van der Waals surface area contributed by atoms with Crippen molar-refractivity contribution in [3.8, 4) is 11.5 Å². The first-order valence-electron chi connectivity index (χ1n) is 11.3. The van der Waals surface area contributed by atoms with Crippen LogP contribution in [-0.4, -0.2) is 65.5 Å². The number of para-hydroxylation sites is 1.